The van der Waals surface area contributed by atoms with Crippen molar-refractivity contribution in [1.82, 2.24) is 4.98 Å². The summed E-state index contributed by atoms with van der Waals surface area (Å²) in [6.07, 6.45) is 4.37. The number of rotatable bonds is 3. The van der Waals surface area contributed by atoms with Gasteiger partial charge in [0, 0.05) is 16.7 Å². The molecule has 14 heavy (non-hydrogen) atoms. The molecule has 1 heterocycles. The predicted octanol–water partition coefficient (Wildman–Crippen LogP) is 3.27. The summed E-state index contributed by atoms with van der Waals surface area (Å²) in [5, 5.41) is 0. The molecule has 0 saturated heterocycles. The van der Waals surface area contributed by atoms with Crippen LogP contribution in [0.25, 0.3) is 0 Å². The number of ether oxygens (including phenoxy) is 1. The average molecular weight is 256 g/mol. The summed E-state index contributed by atoms with van der Waals surface area (Å²) in [6, 6.07) is 3.85. The highest BCUT2D eigenvalue weighted by molar-refractivity contribution is 9.10. The molecule has 0 N–H and O–H groups in total. The van der Waals surface area contributed by atoms with Gasteiger partial charge in [0.25, 0.3) is 0 Å². The Morgan fingerprint density at radius 2 is 2.29 bits per heavy atom. The van der Waals surface area contributed by atoms with Crippen LogP contribution in [0, 0.1) is 11.8 Å². The van der Waals surface area contributed by atoms with Gasteiger partial charge < -0.3 is 4.74 Å². The third-order valence-corrected chi connectivity index (χ3v) is 3.11. The fourth-order valence-corrected chi connectivity index (χ4v) is 2.09. The Hall–Kier alpha value is -0.570. The molecule has 1 fully saturated rings. The molecule has 1 aromatic rings. The third kappa shape index (κ3) is 2.47. The zero-order chi connectivity index (χ0) is 9.97. The largest absolute Gasteiger partial charge is 0.477 e. The van der Waals surface area contributed by atoms with E-state index in [1.165, 1.54) is 12.8 Å². The maximum atomic E-state index is 5.58. The van der Waals surface area contributed by atoms with Crippen molar-refractivity contribution in [3.05, 3.63) is 22.8 Å². The van der Waals surface area contributed by atoms with Crippen LogP contribution in [0.2, 0.25) is 0 Å². The highest BCUT2D eigenvalue weighted by atomic mass is 79.9. The van der Waals surface area contributed by atoms with Crippen LogP contribution >= 0.6 is 15.9 Å². The molecule has 0 atom stereocenters. The monoisotopic (exact) mass is 255 g/mol. The van der Waals surface area contributed by atoms with Crippen LogP contribution in [0.3, 0.4) is 0 Å². The maximum Gasteiger partial charge on any atom is 0.213 e. The second-order valence-corrected chi connectivity index (χ2v) is 4.98. The van der Waals surface area contributed by atoms with Crippen LogP contribution in [0.15, 0.2) is 22.8 Å². The Bertz CT molecular complexity index is 293. The number of pyridine rings is 1. The summed E-state index contributed by atoms with van der Waals surface area (Å²) in [6.45, 7) is 3.10. The van der Waals surface area contributed by atoms with Crippen LogP contribution in [-0.2, 0) is 0 Å². The standard InChI is InChI=1S/C11H14BrNO/c1-8-4-9(5-8)7-14-11-3-2-10(12)6-13-11/h2-3,6,8-9H,4-5,7H2,1H3. The summed E-state index contributed by atoms with van der Waals surface area (Å²) >= 11 is 3.34. The number of aromatic nitrogens is 1. The van der Waals surface area contributed by atoms with Crippen LogP contribution in [0.4, 0.5) is 0 Å². The van der Waals surface area contributed by atoms with Gasteiger partial charge in [-0.15, -0.1) is 0 Å². The molecule has 2 nitrogen and oxygen atoms in total. The molecule has 2 rings (SSSR count). The minimum atomic E-state index is 0.729. The van der Waals surface area contributed by atoms with Gasteiger partial charge in [0.1, 0.15) is 0 Å². The summed E-state index contributed by atoms with van der Waals surface area (Å²) in [4.78, 5) is 4.16. The van der Waals surface area contributed by atoms with Gasteiger partial charge >= 0.3 is 0 Å². The van der Waals surface area contributed by atoms with E-state index in [1.54, 1.807) is 6.20 Å². The first kappa shape index (κ1) is 9.97. The fraction of sp³-hybridized carbons (Fsp3) is 0.545. The fourth-order valence-electron chi connectivity index (χ4n) is 1.86. The molecular weight excluding hydrogens is 242 g/mol. The van der Waals surface area contributed by atoms with Gasteiger partial charge in [0.15, 0.2) is 0 Å². The van der Waals surface area contributed by atoms with Crippen molar-refractivity contribution >= 4 is 15.9 Å². The van der Waals surface area contributed by atoms with Crippen molar-refractivity contribution in [3.8, 4) is 5.88 Å². The van der Waals surface area contributed by atoms with E-state index in [2.05, 4.69) is 27.8 Å². The van der Waals surface area contributed by atoms with E-state index < -0.39 is 0 Å². The highest BCUT2D eigenvalue weighted by Gasteiger charge is 2.25. The molecule has 0 spiro atoms. The quantitative estimate of drug-likeness (QED) is 0.828. The van der Waals surface area contributed by atoms with Crippen molar-refractivity contribution in [2.45, 2.75) is 19.8 Å². The molecule has 76 valence electrons. The second kappa shape index (κ2) is 4.30. The molecule has 0 bridgehead atoms. The van der Waals surface area contributed by atoms with Gasteiger partial charge in [0.05, 0.1) is 6.61 Å². The topological polar surface area (TPSA) is 22.1 Å². The molecule has 0 aliphatic heterocycles. The Labute approximate surface area is 92.8 Å². The first-order valence-corrected chi connectivity index (χ1v) is 5.77. The predicted molar refractivity (Wildman–Crippen MR) is 59.3 cm³/mol. The van der Waals surface area contributed by atoms with E-state index in [1.807, 2.05) is 12.1 Å². The van der Waals surface area contributed by atoms with E-state index in [9.17, 15) is 0 Å². The third-order valence-electron chi connectivity index (χ3n) is 2.64. The molecule has 0 amide bonds. The molecule has 1 saturated carbocycles. The van der Waals surface area contributed by atoms with Gasteiger partial charge in [-0.25, -0.2) is 4.98 Å². The Kier molecular flexibility index (Phi) is 3.06. The molecular formula is C11H14BrNO. The molecule has 1 aliphatic rings. The zero-order valence-corrected chi connectivity index (χ0v) is 9.83. The number of hydrogen-bond acceptors (Lipinski definition) is 2. The van der Waals surface area contributed by atoms with E-state index in [-0.39, 0.29) is 0 Å². The van der Waals surface area contributed by atoms with E-state index in [0.29, 0.717) is 0 Å². The van der Waals surface area contributed by atoms with Crippen molar-refractivity contribution in [2.24, 2.45) is 11.8 Å². The summed E-state index contributed by atoms with van der Waals surface area (Å²) < 4.78 is 6.57. The SMILES string of the molecule is CC1CC(COc2ccc(Br)cn2)C1. The van der Waals surface area contributed by atoms with Gasteiger partial charge in [-0.05, 0) is 46.7 Å². The average Bonchev–Trinajstić information content (AvgIpc) is 2.13. The lowest BCUT2D eigenvalue weighted by Crippen LogP contribution is -2.26. The lowest BCUT2D eigenvalue weighted by atomic mass is 9.77. The Morgan fingerprint density at radius 3 is 2.86 bits per heavy atom. The highest BCUT2D eigenvalue weighted by Crippen LogP contribution is 2.33. The van der Waals surface area contributed by atoms with E-state index >= 15 is 0 Å². The molecule has 0 aromatic carbocycles. The minimum absolute atomic E-state index is 0.729. The summed E-state index contributed by atoms with van der Waals surface area (Å²) in [5.41, 5.74) is 0. The van der Waals surface area contributed by atoms with Crippen molar-refractivity contribution in [3.63, 3.8) is 0 Å². The first-order valence-electron chi connectivity index (χ1n) is 4.98. The lowest BCUT2D eigenvalue weighted by Gasteiger charge is -2.32. The number of halogens is 1. The first-order chi connectivity index (χ1) is 6.74. The van der Waals surface area contributed by atoms with Crippen LogP contribution in [-0.4, -0.2) is 11.6 Å². The van der Waals surface area contributed by atoms with E-state index in [0.717, 1.165) is 28.8 Å². The molecule has 1 aliphatic carbocycles. The lowest BCUT2D eigenvalue weighted by molar-refractivity contribution is 0.127. The Morgan fingerprint density at radius 1 is 1.50 bits per heavy atom. The van der Waals surface area contributed by atoms with Gasteiger partial charge in [-0.2, -0.15) is 0 Å². The zero-order valence-electron chi connectivity index (χ0n) is 8.24. The van der Waals surface area contributed by atoms with Crippen LogP contribution in [0.5, 0.6) is 5.88 Å². The van der Waals surface area contributed by atoms with Crippen molar-refractivity contribution in [1.29, 1.82) is 0 Å². The molecule has 3 heteroatoms. The molecule has 1 aromatic heterocycles. The minimum Gasteiger partial charge on any atom is -0.477 e. The van der Waals surface area contributed by atoms with Crippen molar-refractivity contribution in [2.75, 3.05) is 6.61 Å². The van der Waals surface area contributed by atoms with Gasteiger partial charge in [0.2, 0.25) is 5.88 Å². The van der Waals surface area contributed by atoms with Crippen molar-refractivity contribution < 1.29 is 4.74 Å². The molecule has 0 radical (unpaired) electrons. The summed E-state index contributed by atoms with van der Waals surface area (Å²) in [7, 11) is 0. The normalized spacial score (nSPS) is 25.6. The number of nitrogens with zero attached hydrogens (tertiary/aromatic N) is 1. The van der Waals surface area contributed by atoms with Gasteiger partial charge in [-0.1, -0.05) is 6.92 Å². The van der Waals surface area contributed by atoms with Gasteiger partial charge in [-0.3, -0.25) is 0 Å². The number of hydrogen-bond donors (Lipinski definition) is 0. The second-order valence-electron chi connectivity index (χ2n) is 4.07. The molecule has 0 unspecified atom stereocenters. The van der Waals surface area contributed by atoms with Crippen LogP contribution < -0.4 is 4.74 Å². The Balaban J connectivity index is 1.78. The summed E-state index contributed by atoms with van der Waals surface area (Å²) in [5.74, 6) is 2.37. The smallest absolute Gasteiger partial charge is 0.213 e. The van der Waals surface area contributed by atoms with Crippen LogP contribution in [0.1, 0.15) is 19.8 Å². The van der Waals surface area contributed by atoms with E-state index in [4.69, 9.17) is 4.74 Å². The maximum absolute atomic E-state index is 5.58.